The van der Waals surface area contributed by atoms with Gasteiger partial charge >= 0.3 is 0 Å². The lowest BCUT2D eigenvalue weighted by molar-refractivity contribution is -0.115. The van der Waals surface area contributed by atoms with E-state index in [9.17, 15) is 18.0 Å². The maximum Gasteiger partial charge on any atom is 0.255 e. The van der Waals surface area contributed by atoms with Gasteiger partial charge in [-0.1, -0.05) is 33.1 Å². The van der Waals surface area contributed by atoms with Crippen LogP contribution in [0.25, 0.3) is 0 Å². The van der Waals surface area contributed by atoms with Crippen LogP contribution in [0, 0.1) is 0 Å². The Morgan fingerprint density at radius 2 is 1.40 bits per heavy atom. The summed E-state index contributed by atoms with van der Waals surface area (Å²) in [5, 5.41) is 5.45. The van der Waals surface area contributed by atoms with E-state index >= 15 is 0 Å². The fourth-order valence-electron chi connectivity index (χ4n) is 2.72. The van der Waals surface area contributed by atoms with E-state index in [1.165, 1.54) is 12.1 Å². The molecule has 2 amide bonds. The standard InChI is InChI=1S/C22H29N3O4S/c1-3-5-6-7-16-23-30(28,29)20-14-12-19(13-15-20)25-22(27)17-8-10-18(11-9-17)24-21(26)4-2/h8-15,23H,3-7,16H2,1-2H3,(H,24,26)(H,25,27). The number of unbranched alkanes of at least 4 members (excludes halogenated alkanes) is 3. The quantitative estimate of drug-likeness (QED) is 0.465. The third-order valence-corrected chi connectivity index (χ3v) is 5.97. The van der Waals surface area contributed by atoms with Gasteiger partial charge in [0.15, 0.2) is 0 Å². The van der Waals surface area contributed by atoms with E-state index in [1.54, 1.807) is 43.3 Å². The fraction of sp³-hybridized carbons (Fsp3) is 0.364. The van der Waals surface area contributed by atoms with Crippen LogP contribution in [0.2, 0.25) is 0 Å². The molecule has 0 aromatic heterocycles. The van der Waals surface area contributed by atoms with Crippen LogP contribution >= 0.6 is 0 Å². The van der Waals surface area contributed by atoms with Gasteiger partial charge in [0.25, 0.3) is 5.91 Å². The minimum atomic E-state index is -3.56. The van der Waals surface area contributed by atoms with Crippen LogP contribution in [0.3, 0.4) is 0 Å². The number of hydrogen-bond donors (Lipinski definition) is 3. The van der Waals surface area contributed by atoms with Gasteiger partial charge in [0.1, 0.15) is 0 Å². The molecule has 0 atom stereocenters. The zero-order valence-electron chi connectivity index (χ0n) is 17.4. The van der Waals surface area contributed by atoms with Gasteiger partial charge in [0, 0.05) is 29.9 Å². The first-order chi connectivity index (χ1) is 14.4. The van der Waals surface area contributed by atoms with Crippen molar-refractivity contribution in [1.29, 1.82) is 0 Å². The minimum Gasteiger partial charge on any atom is -0.326 e. The van der Waals surface area contributed by atoms with E-state index in [2.05, 4.69) is 22.3 Å². The van der Waals surface area contributed by atoms with Crippen LogP contribution in [0.5, 0.6) is 0 Å². The number of rotatable bonds is 11. The molecule has 0 saturated heterocycles. The van der Waals surface area contributed by atoms with Crippen molar-refractivity contribution in [3.05, 3.63) is 54.1 Å². The van der Waals surface area contributed by atoms with Gasteiger partial charge in [-0.2, -0.15) is 0 Å². The van der Waals surface area contributed by atoms with Gasteiger partial charge in [0.05, 0.1) is 4.90 Å². The number of amides is 2. The summed E-state index contributed by atoms with van der Waals surface area (Å²) in [5.74, 6) is -0.425. The normalized spacial score (nSPS) is 11.1. The molecular weight excluding hydrogens is 402 g/mol. The Labute approximate surface area is 178 Å². The summed E-state index contributed by atoms with van der Waals surface area (Å²) in [6.45, 7) is 4.28. The SMILES string of the molecule is CCCCCCNS(=O)(=O)c1ccc(NC(=O)c2ccc(NC(=O)CC)cc2)cc1. The molecule has 2 aromatic carbocycles. The highest BCUT2D eigenvalue weighted by molar-refractivity contribution is 7.89. The van der Waals surface area contributed by atoms with Crippen LogP contribution in [0.1, 0.15) is 56.3 Å². The molecule has 0 saturated carbocycles. The third kappa shape index (κ3) is 7.27. The number of anilines is 2. The second-order valence-corrected chi connectivity index (χ2v) is 8.68. The van der Waals surface area contributed by atoms with E-state index in [0.29, 0.717) is 29.9 Å². The summed E-state index contributed by atoms with van der Waals surface area (Å²) in [5.41, 5.74) is 1.54. The highest BCUT2D eigenvalue weighted by Crippen LogP contribution is 2.16. The second kappa shape index (κ2) is 11.5. The number of nitrogens with one attached hydrogen (secondary N) is 3. The highest BCUT2D eigenvalue weighted by Gasteiger charge is 2.13. The van der Waals surface area contributed by atoms with Crippen LogP contribution in [0.4, 0.5) is 11.4 Å². The smallest absolute Gasteiger partial charge is 0.255 e. The summed E-state index contributed by atoms with van der Waals surface area (Å²) in [7, 11) is -3.56. The average molecular weight is 432 g/mol. The van der Waals surface area contributed by atoms with Crippen LogP contribution in [-0.4, -0.2) is 26.8 Å². The predicted molar refractivity (Wildman–Crippen MR) is 119 cm³/mol. The van der Waals surface area contributed by atoms with Crippen LogP contribution in [0.15, 0.2) is 53.4 Å². The molecule has 0 radical (unpaired) electrons. The van der Waals surface area contributed by atoms with E-state index in [0.717, 1.165) is 25.7 Å². The van der Waals surface area contributed by atoms with Crippen molar-refractivity contribution in [3.63, 3.8) is 0 Å². The molecule has 30 heavy (non-hydrogen) atoms. The summed E-state index contributed by atoms with van der Waals surface area (Å²) in [4.78, 5) is 23.9. The molecule has 0 heterocycles. The zero-order chi connectivity index (χ0) is 22.0. The first-order valence-electron chi connectivity index (χ1n) is 10.2. The topological polar surface area (TPSA) is 104 Å². The molecule has 8 heteroatoms. The Morgan fingerprint density at radius 3 is 2.00 bits per heavy atom. The lowest BCUT2D eigenvalue weighted by Gasteiger charge is -2.09. The highest BCUT2D eigenvalue weighted by atomic mass is 32.2. The van der Waals surface area contributed by atoms with Crippen molar-refractivity contribution in [3.8, 4) is 0 Å². The van der Waals surface area contributed by atoms with E-state index in [1.807, 2.05) is 0 Å². The first kappa shape index (κ1) is 23.6. The molecule has 0 spiro atoms. The molecule has 0 aliphatic rings. The Balaban J connectivity index is 1.93. The lowest BCUT2D eigenvalue weighted by Crippen LogP contribution is -2.24. The number of sulfonamides is 1. The maximum absolute atomic E-state index is 12.4. The summed E-state index contributed by atoms with van der Waals surface area (Å²) in [6.07, 6.45) is 4.37. The molecule has 3 N–H and O–H groups in total. The molecule has 0 bridgehead atoms. The molecule has 0 unspecified atom stereocenters. The minimum absolute atomic E-state index is 0.0994. The van der Waals surface area contributed by atoms with E-state index in [4.69, 9.17) is 0 Å². The first-order valence-corrected chi connectivity index (χ1v) is 11.6. The lowest BCUT2D eigenvalue weighted by atomic mass is 10.2. The Bertz CT molecular complexity index is 939. The number of benzene rings is 2. The summed E-state index contributed by atoms with van der Waals surface area (Å²) < 4.78 is 27.2. The predicted octanol–water partition coefficient (Wildman–Crippen LogP) is 4.15. The van der Waals surface area contributed by atoms with Gasteiger partial charge in [0.2, 0.25) is 15.9 Å². The van der Waals surface area contributed by atoms with Gasteiger partial charge in [-0.25, -0.2) is 13.1 Å². The maximum atomic E-state index is 12.4. The third-order valence-electron chi connectivity index (χ3n) is 4.50. The molecule has 162 valence electrons. The summed E-state index contributed by atoms with van der Waals surface area (Å²) in [6, 6.07) is 12.6. The van der Waals surface area contributed by atoms with Crippen molar-refractivity contribution in [2.45, 2.75) is 50.8 Å². The molecule has 2 rings (SSSR count). The van der Waals surface area contributed by atoms with Gasteiger partial charge in [-0.05, 0) is 55.0 Å². The van der Waals surface area contributed by atoms with Crippen molar-refractivity contribution in [1.82, 2.24) is 4.72 Å². The van der Waals surface area contributed by atoms with Crippen molar-refractivity contribution >= 4 is 33.2 Å². The molecule has 0 aliphatic heterocycles. The largest absolute Gasteiger partial charge is 0.326 e. The van der Waals surface area contributed by atoms with Gasteiger partial charge < -0.3 is 10.6 Å². The fourth-order valence-corrected chi connectivity index (χ4v) is 3.79. The zero-order valence-corrected chi connectivity index (χ0v) is 18.2. The molecular formula is C22H29N3O4S. The van der Waals surface area contributed by atoms with Crippen LogP contribution in [-0.2, 0) is 14.8 Å². The van der Waals surface area contributed by atoms with Crippen molar-refractivity contribution in [2.24, 2.45) is 0 Å². The van der Waals surface area contributed by atoms with Gasteiger partial charge in [-0.15, -0.1) is 0 Å². The number of carbonyl (C=O) groups excluding carboxylic acids is 2. The van der Waals surface area contributed by atoms with E-state index in [-0.39, 0.29) is 16.7 Å². The van der Waals surface area contributed by atoms with Crippen LogP contribution < -0.4 is 15.4 Å². The monoisotopic (exact) mass is 431 g/mol. The molecule has 0 fully saturated rings. The Morgan fingerprint density at radius 1 is 0.800 bits per heavy atom. The number of hydrogen-bond acceptors (Lipinski definition) is 4. The van der Waals surface area contributed by atoms with Crippen molar-refractivity contribution in [2.75, 3.05) is 17.2 Å². The molecule has 2 aromatic rings. The molecule has 7 nitrogen and oxygen atoms in total. The van der Waals surface area contributed by atoms with Gasteiger partial charge in [-0.3, -0.25) is 9.59 Å². The van der Waals surface area contributed by atoms with E-state index < -0.39 is 10.0 Å². The summed E-state index contributed by atoms with van der Waals surface area (Å²) >= 11 is 0. The average Bonchev–Trinajstić information content (AvgIpc) is 2.74. The van der Waals surface area contributed by atoms with Crippen molar-refractivity contribution < 1.29 is 18.0 Å². The molecule has 0 aliphatic carbocycles. The Hall–Kier alpha value is -2.71. The number of carbonyl (C=O) groups is 2. The second-order valence-electron chi connectivity index (χ2n) is 6.92. The Kier molecular flexibility index (Phi) is 9.01.